The first kappa shape index (κ1) is 6.95. The van der Waals surface area contributed by atoms with E-state index in [-0.39, 0.29) is 18.1 Å². The van der Waals surface area contributed by atoms with Gasteiger partial charge in [-0.1, -0.05) is 0 Å². The Hall–Kier alpha value is -0.730. The second-order valence-corrected chi connectivity index (χ2v) is 3.39. The summed E-state index contributed by atoms with van der Waals surface area (Å²) in [7, 11) is 0. The van der Waals surface area contributed by atoms with Crippen molar-refractivity contribution in [2.24, 2.45) is 11.8 Å². The van der Waals surface area contributed by atoms with Crippen molar-refractivity contribution in [3.8, 4) is 0 Å². The van der Waals surface area contributed by atoms with Gasteiger partial charge in [-0.15, -0.1) is 0 Å². The molecule has 0 aliphatic heterocycles. The van der Waals surface area contributed by atoms with Crippen LogP contribution in [0.3, 0.4) is 0 Å². The Labute approximate surface area is 63.8 Å². The van der Waals surface area contributed by atoms with E-state index in [1.165, 1.54) is 0 Å². The number of aldehydes is 1. The van der Waals surface area contributed by atoms with Gasteiger partial charge in [0, 0.05) is 18.8 Å². The first-order valence-electron chi connectivity index (χ1n) is 3.85. The van der Waals surface area contributed by atoms with Crippen LogP contribution < -0.4 is 0 Å². The highest BCUT2D eigenvalue weighted by molar-refractivity contribution is 5.89. The number of alkyl halides is 1. The molecule has 0 N–H and O–H groups in total. The molecule has 0 bridgehead atoms. The molecule has 0 aromatic heterocycles. The number of ketones is 1. The lowest BCUT2D eigenvalue weighted by Gasteiger charge is -2.04. The van der Waals surface area contributed by atoms with Gasteiger partial charge in [0.1, 0.15) is 17.7 Å². The number of carbonyl (C=O) groups is 2. The molecule has 1 unspecified atom stereocenters. The van der Waals surface area contributed by atoms with Gasteiger partial charge in [0.2, 0.25) is 0 Å². The maximum Gasteiger partial charge on any atom is 0.139 e. The third-order valence-electron chi connectivity index (χ3n) is 2.87. The first-order valence-corrected chi connectivity index (χ1v) is 3.85. The van der Waals surface area contributed by atoms with Gasteiger partial charge in [0.15, 0.2) is 0 Å². The largest absolute Gasteiger partial charge is 0.303 e. The Kier molecular flexibility index (Phi) is 1.20. The smallest absolute Gasteiger partial charge is 0.139 e. The summed E-state index contributed by atoms with van der Waals surface area (Å²) >= 11 is 0. The highest BCUT2D eigenvalue weighted by Crippen LogP contribution is 2.62. The van der Waals surface area contributed by atoms with Crippen LogP contribution in [0.5, 0.6) is 0 Å². The Morgan fingerprint density at radius 3 is 2.91 bits per heavy atom. The molecule has 2 saturated carbocycles. The minimum Gasteiger partial charge on any atom is -0.303 e. The Bertz CT molecular complexity index is 226. The summed E-state index contributed by atoms with van der Waals surface area (Å²) < 4.78 is 13.4. The van der Waals surface area contributed by atoms with Gasteiger partial charge in [0.05, 0.1) is 5.92 Å². The van der Waals surface area contributed by atoms with Crippen molar-refractivity contribution in [2.45, 2.75) is 24.9 Å². The van der Waals surface area contributed by atoms with Gasteiger partial charge in [-0.3, -0.25) is 4.79 Å². The standard InChI is InChI=1S/C8H9FO2/c9-8(3-4-10)5-1-2-6(11)7(5)8/h4-5,7H,1-3H2/t5?,7-,8-/m1/s1. The Morgan fingerprint density at radius 1 is 1.73 bits per heavy atom. The van der Waals surface area contributed by atoms with Gasteiger partial charge in [-0.2, -0.15) is 0 Å². The van der Waals surface area contributed by atoms with E-state index >= 15 is 0 Å². The van der Waals surface area contributed by atoms with Crippen molar-refractivity contribution in [1.29, 1.82) is 0 Å². The van der Waals surface area contributed by atoms with Crippen molar-refractivity contribution in [1.82, 2.24) is 0 Å². The SMILES string of the molecule is O=CC[C@@]1(F)C2CCC(=O)[C@@H]21. The zero-order valence-corrected chi connectivity index (χ0v) is 6.05. The predicted molar refractivity (Wildman–Crippen MR) is 35.7 cm³/mol. The fourth-order valence-electron chi connectivity index (χ4n) is 2.24. The molecule has 11 heavy (non-hydrogen) atoms. The third-order valence-corrected chi connectivity index (χ3v) is 2.87. The van der Waals surface area contributed by atoms with Crippen LogP contribution in [-0.4, -0.2) is 17.7 Å². The molecule has 2 nitrogen and oxygen atoms in total. The lowest BCUT2D eigenvalue weighted by atomic mass is 10.1. The molecule has 2 aliphatic carbocycles. The van der Waals surface area contributed by atoms with Crippen LogP contribution in [0.4, 0.5) is 4.39 Å². The molecular weight excluding hydrogens is 147 g/mol. The molecule has 2 aliphatic rings. The maximum absolute atomic E-state index is 13.4. The van der Waals surface area contributed by atoms with E-state index in [9.17, 15) is 14.0 Å². The van der Waals surface area contributed by atoms with Crippen LogP contribution in [0.15, 0.2) is 0 Å². The molecule has 0 aromatic carbocycles. The van der Waals surface area contributed by atoms with E-state index in [0.717, 1.165) is 0 Å². The zero-order valence-electron chi connectivity index (χ0n) is 6.05. The molecule has 0 spiro atoms. The summed E-state index contributed by atoms with van der Waals surface area (Å²) in [6.45, 7) is 0. The van der Waals surface area contributed by atoms with E-state index in [1.54, 1.807) is 0 Å². The fraction of sp³-hybridized carbons (Fsp3) is 0.750. The number of hydrogen-bond donors (Lipinski definition) is 0. The lowest BCUT2D eigenvalue weighted by Crippen LogP contribution is -2.14. The van der Waals surface area contributed by atoms with Gasteiger partial charge < -0.3 is 4.79 Å². The van der Waals surface area contributed by atoms with Crippen molar-refractivity contribution in [3.63, 3.8) is 0 Å². The summed E-state index contributed by atoms with van der Waals surface area (Å²) in [5.74, 6) is -0.535. The summed E-state index contributed by atoms with van der Waals surface area (Å²) in [5.41, 5.74) is -1.43. The molecule has 2 fully saturated rings. The van der Waals surface area contributed by atoms with Crippen LogP contribution in [0.1, 0.15) is 19.3 Å². The molecule has 60 valence electrons. The Balaban J connectivity index is 2.12. The van der Waals surface area contributed by atoms with Crippen LogP contribution in [0, 0.1) is 11.8 Å². The molecule has 0 radical (unpaired) electrons. The number of rotatable bonds is 2. The molecule has 3 atom stereocenters. The molecular formula is C8H9FO2. The molecule has 0 saturated heterocycles. The minimum absolute atomic E-state index is 0.0133. The van der Waals surface area contributed by atoms with Gasteiger partial charge in [-0.05, 0) is 6.42 Å². The number of hydrogen-bond acceptors (Lipinski definition) is 2. The number of halogens is 1. The van der Waals surface area contributed by atoms with E-state index in [1.807, 2.05) is 0 Å². The van der Waals surface area contributed by atoms with Crippen molar-refractivity contribution < 1.29 is 14.0 Å². The van der Waals surface area contributed by atoms with E-state index in [4.69, 9.17) is 0 Å². The zero-order chi connectivity index (χ0) is 8.06. The average Bonchev–Trinajstić information content (AvgIpc) is 2.35. The average molecular weight is 156 g/mol. The molecule has 0 heterocycles. The van der Waals surface area contributed by atoms with E-state index < -0.39 is 11.6 Å². The van der Waals surface area contributed by atoms with Gasteiger partial charge in [0.25, 0.3) is 0 Å². The second kappa shape index (κ2) is 1.90. The fourth-order valence-corrected chi connectivity index (χ4v) is 2.24. The van der Waals surface area contributed by atoms with E-state index in [0.29, 0.717) is 19.1 Å². The molecule has 0 aromatic rings. The number of Topliss-reactive ketones (excluding diaryl/α,β-unsaturated/α-hetero) is 1. The summed E-state index contributed by atoms with van der Waals surface area (Å²) in [6, 6.07) is 0. The molecule has 3 heteroatoms. The van der Waals surface area contributed by atoms with Gasteiger partial charge in [-0.25, -0.2) is 4.39 Å². The molecule has 0 amide bonds. The monoisotopic (exact) mass is 156 g/mol. The highest BCUT2D eigenvalue weighted by atomic mass is 19.1. The van der Waals surface area contributed by atoms with E-state index in [2.05, 4.69) is 0 Å². The maximum atomic E-state index is 13.4. The van der Waals surface area contributed by atoms with Gasteiger partial charge >= 0.3 is 0 Å². The van der Waals surface area contributed by atoms with Crippen molar-refractivity contribution in [2.75, 3.05) is 0 Å². The Morgan fingerprint density at radius 2 is 2.45 bits per heavy atom. The quantitative estimate of drug-likeness (QED) is 0.556. The summed E-state index contributed by atoms with van der Waals surface area (Å²) in [6.07, 6.45) is 1.65. The first-order chi connectivity index (χ1) is 5.20. The number of carbonyl (C=O) groups excluding carboxylic acids is 2. The normalized spacial score (nSPS) is 47.2. The van der Waals surface area contributed by atoms with Crippen LogP contribution in [0.2, 0.25) is 0 Å². The van der Waals surface area contributed by atoms with Crippen molar-refractivity contribution in [3.05, 3.63) is 0 Å². The summed E-state index contributed by atoms with van der Waals surface area (Å²) in [5, 5.41) is 0. The van der Waals surface area contributed by atoms with Crippen LogP contribution in [-0.2, 0) is 9.59 Å². The molecule has 2 rings (SSSR count). The van der Waals surface area contributed by atoms with Crippen LogP contribution >= 0.6 is 0 Å². The minimum atomic E-state index is -1.43. The highest BCUT2D eigenvalue weighted by Gasteiger charge is 2.71. The number of fused-ring (bicyclic) bond motifs is 1. The lowest BCUT2D eigenvalue weighted by molar-refractivity contribution is -0.120. The predicted octanol–water partition coefficient (Wildman–Crippen LogP) is 0.893. The van der Waals surface area contributed by atoms with Crippen molar-refractivity contribution >= 4 is 12.1 Å². The summed E-state index contributed by atoms with van der Waals surface area (Å²) in [4.78, 5) is 21.0. The third kappa shape index (κ3) is 0.710. The topological polar surface area (TPSA) is 34.1 Å². The second-order valence-electron chi connectivity index (χ2n) is 3.39. The van der Waals surface area contributed by atoms with Crippen LogP contribution in [0.25, 0.3) is 0 Å².